The van der Waals surface area contributed by atoms with Crippen LogP contribution in [0.2, 0.25) is 0 Å². The van der Waals surface area contributed by atoms with Crippen LogP contribution in [0.3, 0.4) is 0 Å². The fourth-order valence-corrected chi connectivity index (χ4v) is 9.77. The van der Waals surface area contributed by atoms with E-state index in [-0.39, 0.29) is 5.41 Å². The third-order valence-electron chi connectivity index (χ3n) is 10.7. The number of nitriles is 1. The van der Waals surface area contributed by atoms with Crippen LogP contribution >= 0.6 is 11.8 Å². The fraction of sp³-hybridized carbons (Fsp3) is 0.562. The van der Waals surface area contributed by atoms with Gasteiger partial charge in [0.25, 0.3) is 0 Å². The minimum Gasteiger partial charge on any atom is -0.244 e. The van der Waals surface area contributed by atoms with Crippen LogP contribution in [0.1, 0.15) is 82.0 Å². The van der Waals surface area contributed by atoms with Crippen molar-refractivity contribution in [2.75, 3.05) is 5.75 Å². The lowest BCUT2D eigenvalue weighted by Crippen LogP contribution is -2.53. The average Bonchev–Trinajstić information content (AvgIpc) is 3.18. The molecule has 2 nitrogen and oxygen atoms in total. The molecule has 1 aromatic carbocycles. The van der Waals surface area contributed by atoms with Crippen LogP contribution in [0.15, 0.2) is 48.0 Å². The van der Waals surface area contributed by atoms with Gasteiger partial charge in [-0.3, -0.25) is 0 Å². The van der Waals surface area contributed by atoms with Crippen LogP contribution in [0.4, 0.5) is 0 Å². The van der Waals surface area contributed by atoms with Crippen LogP contribution < -0.4 is 0 Å². The lowest BCUT2D eigenvalue weighted by molar-refractivity contribution is -0.0908. The Kier molecular flexibility index (Phi) is 5.88. The van der Waals surface area contributed by atoms with Gasteiger partial charge in [-0.25, -0.2) is 4.98 Å². The summed E-state index contributed by atoms with van der Waals surface area (Å²) in [6.07, 6.45) is 14.2. The van der Waals surface area contributed by atoms with Crippen molar-refractivity contribution in [3.05, 3.63) is 59.8 Å². The van der Waals surface area contributed by atoms with E-state index in [1.54, 1.807) is 11.8 Å². The van der Waals surface area contributed by atoms with Crippen molar-refractivity contribution in [3.8, 4) is 17.2 Å². The molecule has 0 spiro atoms. The molecule has 35 heavy (non-hydrogen) atoms. The largest absolute Gasteiger partial charge is 0.244 e. The van der Waals surface area contributed by atoms with Gasteiger partial charge >= 0.3 is 0 Å². The molecule has 1 aromatic heterocycles. The first-order chi connectivity index (χ1) is 17.0. The molecule has 0 saturated heterocycles. The Labute approximate surface area is 215 Å². The number of benzene rings is 1. The molecule has 0 unspecified atom stereocenters. The molecule has 182 valence electrons. The van der Waals surface area contributed by atoms with Gasteiger partial charge in [0, 0.05) is 16.7 Å². The molecule has 0 N–H and O–H groups in total. The van der Waals surface area contributed by atoms with E-state index >= 15 is 0 Å². The summed E-state index contributed by atoms with van der Waals surface area (Å²) in [5.41, 5.74) is 6.44. The van der Waals surface area contributed by atoms with Crippen molar-refractivity contribution >= 4 is 11.8 Å². The topological polar surface area (TPSA) is 36.7 Å². The Bertz CT molecular complexity index is 1180. The molecule has 3 heteroatoms. The summed E-state index contributed by atoms with van der Waals surface area (Å²) in [4.78, 5) is 5.33. The van der Waals surface area contributed by atoms with Gasteiger partial charge in [0.15, 0.2) is 0 Å². The van der Waals surface area contributed by atoms with Crippen molar-refractivity contribution in [2.45, 2.75) is 82.1 Å². The molecule has 3 saturated carbocycles. The second kappa shape index (κ2) is 8.81. The number of fused-ring (bicyclic) bond motifs is 7. The zero-order chi connectivity index (χ0) is 24.2. The standard InChI is InChI=1S/C32H38N2S/c1-4-18-35-30-25(20-33)28(21-10-6-5-7-11-21)24-19-27-23-14-13-22-12-8-9-16-31(22,2)26(23)15-17-32(27,3)29(24)34-30/h4-7,10-11,22-23,26-27H,1,8-9,12-19H2,2-3H3/t22-,23-,26+,27-,31-,32-/m0/s1. The minimum atomic E-state index is 0.120. The van der Waals surface area contributed by atoms with Crippen LogP contribution in [0, 0.1) is 40.4 Å². The normalized spacial score (nSPS) is 35.2. The quantitative estimate of drug-likeness (QED) is 0.324. The first kappa shape index (κ1) is 23.4. The SMILES string of the molecule is C=CCSc1nc2c(c(-c3ccccc3)c1C#N)C[C@H]1[C@H]3CC[C@@H]4CCCC[C@]4(C)[C@@H]3CC[C@]21C. The van der Waals surface area contributed by atoms with Crippen LogP contribution in [-0.2, 0) is 11.8 Å². The lowest BCUT2D eigenvalue weighted by atomic mass is 9.45. The highest BCUT2D eigenvalue weighted by Crippen LogP contribution is 2.66. The van der Waals surface area contributed by atoms with Gasteiger partial charge in [0.1, 0.15) is 11.1 Å². The highest BCUT2D eigenvalue weighted by molar-refractivity contribution is 7.99. The second-order valence-corrected chi connectivity index (χ2v) is 13.1. The maximum atomic E-state index is 10.3. The van der Waals surface area contributed by atoms with Gasteiger partial charge in [-0.05, 0) is 85.2 Å². The smallest absolute Gasteiger partial charge is 0.115 e. The third kappa shape index (κ3) is 3.46. The van der Waals surface area contributed by atoms with Crippen LogP contribution in [-0.4, -0.2) is 10.7 Å². The molecule has 6 atom stereocenters. The summed E-state index contributed by atoms with van der Waals surface area (Å²) in [7, 11) is 0. The molecule has 0 bridgehead atoms. The van der Waals surface area contributed by atoms with Crippen molar-refractivity contribution in [1.29, 1.82) is 5.26 Å². The summed E-state index contributed by atoms with van der Waals surface area (Å²) in [5, 5.41) is 11.2. The van der Waals surface area contributed by atoms with Crippen LogP contribution in [0.5, 0.6) is 0 Å². The summed E-state index contributed by atoms with van der Waals surface area (Å²) in [5.74, 6) is 4.02. The zero-order valence-corrected chi connectivity index (χ0v) is 22.2. The Balaban J connectivity index is 1.48. The highest BCUT2D eigenvalue weighted by atomic mass is 32.2. The summed E-state index contributed by atoms with van der Waals surface area (Å²) >= 11 is 1.67. The Hall–Kier alpha value is -2.05. The third-order valence-corrected chi connectivity index (χ3v) is 11.7. The number of pyridine rings is 1. The number of rotatable bonds is 4. The van der Waals surface area contributed by atoms with Gasteiger partial charge in [-0.2, -0.15) is 5.26 Å². The van der Waals surface area contributed by atoms with Gasteiger partial charge < -0.3 is 0 Å². The average molecular weight is 483 g/mol. The van der Waals surface area contributed by atoms with E-state index < -0.39 is 0 Å². The van der Waals surface area contributed by atoms with Crippen molar-refractivity contribution in [2.24, 2.45) is 29.1 Å². The van der Waals surface area contributed by atoms with E-state index in [9.17, 15) is 5.26 Å². The predicted octanol–water partition coefficient (Wildman–Crippen LogP) is 8.34. The van der Waals surface area contributed by atoms with Gasteiger partial charge in [-0.1, -0.05) is 63.1 Å². The Morgan fingerprint density at radius 2 is 1.91 bits per heavy atom. The van der Waals surface area contributed by atoms with E-state index in [1.807, 2.05) is 6.08 Å². The predicted molar refractivity (Wildman–Crippen MR) is 145 cm³/mol. The van der Waals surface area contributed by atoms with E-state index in [0.29, 0.717) is 11.3 Å². The molecule has 0 amide bonds. The molecule has 3 fully saturated rings. The van der Waals surface area contributed by atoms with Crippen LogP contribution in [0.25, 0.3) is 11.1 Å². The first-order valence-corrected chi connectivity index (χ1v) is 14.8. The van der Waals surface area contributed by atoms with E-state index in [4.69, 9.17) is 4.98 Å². The maximum absolute atomic E-state index is 10.3. The maximum Gasteiger partial charge on any atom is 0.115 e. The van der Waals surface area contributed by atoms with Crippen molar-refractivity contribution in [1.82, 2.24) is 4.98 Å². The number of aromatic nitrogens is 1. The molecule has 2 aromatic rings. The molecular weight excluding hydrogens is 444 g/mol. The molecule has 0 aliphatic heterocycles. The number of thioether (sulfide) groups is 1. The van der Waals surface area contributed by atoms with Gasteiger partial charge in [0.05, 0.1) is 11.3 Å². The van der Waals surface area contributed by atoms with E-state index in [0.717, 1.165) is 46.1 Å². The Morgan fingerprint density at radius 3 is 2.69 bits per heavy atom. The fourth-order valence-electron chi connectivity index (χ4n) is 9.05. The molecule has 0 radical (unpaired) electrons. The lowest BCUT2D eigenvalue weighted by Gasteiger charge is -2.59. The minimum absolute atomic E-state index is 0.120. The van der Waals surface area contributed by atoms with E-state index in [2.05, 4.69) is 56.8 Å². The summed E-state index contributed by atoms with van der Waals surface area (Å²) < 4.78 is 0. The zero-order valence-electron chi connectivity index (χ0n) is 21.4. The molecule has 6 rings (SSSR count). The molecule has 4 aliphatic rings. The molecular formula is C32H38N2S. The number of nitrogens with zero attached hydrogens (tertiary/aromatic N) is 2. The number of hydrogen-bond donors (Lipinski definition) is 0. The van der Waals surface area contributed by atoms with Crippen molar-refractivity contribution < 1.29 is 0 Å². The summed E-state index contributed by atoms with van der Waals surface area (Å²) in [6, 6.07) is 13.2. The second-order valence-electron chi connectivity index (χ2n) is 12.1. The molecule has 1 heterocycles. The number of hydrogen-bond acceptors (Lipinski definition) is 3. The Morgan fingerprint density at radius 1 is 1.09 bits per heavy atom. The highest BCUT2D eigenvalue weighted by Gasteiger charge is 2.59. The van der Waals surface area contributed by atoms with Gasteiger partial charge in [-0.15, -0.1) is 18.3 Å². The monoisotopic (exact) mass is 482 g/mol. The molecule has 4 aliphatic carbocycles. The van der Waals surface area contributed by atoms with Gasteiger partial charge in [0.2, 0.25) is 0 Å². The van der Waals surface area contributed by atoms with E-state index in [1.165, 1.54) is 68.2 Å². The first-order valence-electron chi connectivity index (χ1n) is 13.8. The van der Waals surface area contributed by atoms with Crippen molar-refractivity contribution in [3.63, 3.8) is 0 Å². The summed E-state index contributed by atoms with van der Waals surface area (Å²) in [6.45, 7) is 9.09.